The van der Waals surface area contributed by atoms with Crippen LogP contribution in [0.2, 0.25) is 0 Å². The van der Waals surface area contributed by atoms with Gasteiger partial charge in [-0.25, -0.2) is 0 Å². The summed E-state index contributed by atoms with van der Waals surface area (Å²) in [5, 5.41) is 6.25. The summed E-state index contributed by atoms with van der Waals surface area (Å²) in [7, 11) is 0. The van der Waals surface area contributed by atoms with Crippen LogP contribution in [0.5, 0.6) is 0 Å². The molecule has 2 aromatic carbocycles. The molecule has 0 fully saturated rings. The second kappa shape index (κ2) is 7.34. The van der Waals surface area contributed by atoms with Crippen LogP contribution in [-0.2, 0) is 0 Å². The maximum Gasteiger partial charge on any atom is 0.251 e. The van der Waals surface area contributed by atoms with Crippen molar-refractivity contribution in [3.05, 3.63) is 65.7 Å². The highest BCUT2D eigenvalue weighted by Gasteiger charge is 2.02. The molecule has 2 rings (SSSR count). The minimum atomic E-state index is -0.0130. The summed E-state index contributed by atoms with van der Waals surface area (Å²) < 4.78 is 0. The average Bonchev–Trinajstić information content (AvgIpc) is 2.49. The highest BCUT2D eigenvalue weighted by molar-refractivity contribution is 5.94. The number of anilines is 1. The largest absolute Gasteiger partial charge is 0.385 e. The van der Waals surface area contributed by atoms with Gasteiger partial charge in [-0.1, -0.05) is 35.9 Å². The van der Waals surface area contributed by atoms with Crippen molar-refractivity contribution in [3.63, 3.8) is 0 Å². The first-order valence-electron chi connectivity index (χ1n) is 6.89. The lowest BCUT2D eigenvalue weighted by Gasteiger charge is -2.08. The summed E-state index contributed by atoms with van der Waals surface area (Å²) in [5.41, 5.74) is 3.08. The number of benzene rings is 2. The summed E-state index contributed by atoms with van der Waals surface area (Å²) in [4.78, 5) is 11.8. The van der Waals surface area contributed by atoms with Crippen molar-refractivity contribution < 1.29 is 4.79 Å². The lowest BCUT2D eigenvalue weighted by atomic mass is 10.2. The van der Waals surface area contributed by atoms with Crippen LogP contribution in [0.25, 0.3) is 0 Å². The van der Waals surface area contributed by atoms with E-state index in [0.29, 0.717) is 12.1 Å². The summed E-state index contributed by atoms with van der Waals surface area (Å²) in [6.45, 7) is 3.59. The van der Waals surface area contributed by atoms with E-state index in [0.717, 1.165) is 18.7 Å². The highest BCUT2D eigenvalue weighted by atomic mass is 16.1. The normalized spacial score (nSPS) is 10.1. The monoisotopic (exact) mass is 268 g/mol. The van der Waals surface area contributed by atoms with E-state index in [9.17, 15) is 4.79 Å². The molecule has 0 aliphatic rings. The van der Waals surface area contributed by atoms with Gasteiger partial charge in [0.25, 0.3) is 5.91 Å². The lowest BCUT2D eigenvalue weighted by Crippen LogP contribution is -2.25. The van der Waals surface area contributed by atoms with Gasteiger partial charge >= 0.3 is 0 Å². The minimum absolute atomic E-state index is 0.0130. The fourth-order valence-corrected chi connectivity index (χ4v) is 1.89. The molecule has 1 amide bonds. The van der Waals surface area contributed by atoms with Crippen LogP contribution in [0.1, 0.15) is 22.3 Å². The molecule has 0 saturated heterocycles. The Morgan fingerprint density at radius 3 is 2.35 bits per heavy atom. The van der Waals surface area contributed by atoms with E-state index >= 15 is 0 Å². The van der Waals surface area contributed by atoms with Gasteiger partial charge in [-0.2, -0.15) is 0 Å². The van der Waals surface area contributed by atoms with Crippen LogP contribution in [0.15, 0.2) is 54.6 Å². The van der Waals surface area contributed by atoms with E-state index in [1.54, 1.807) is 0 Å². The van der Waals surface area contributed by atoms with Gasteiger partial charge in [0, 0.05) is 24.3 Å². The fourth-order valence-electron chi connectivity index (χ4n) is 1.89. The van der Waals surface area contributed by atoms with Crippen molar-refractivity contribution in [2.75, 3.05) is 18.4 Å². The molecule has 0 aromatic heterocycles. The van der Waals surface area contributed by atoms with Gasteiger partial charge in [-0.3, -0.25) is 4.79 Å². The van der Waals surface area contributed by atoms with E-state index in [4.69, 9.17) is 0 Å². The van der Waals surface area contributed by atoms with Gasteiger partial charge in [0.1, 0.15) is 0 Å². The van der Waals surface area contributed by atoms with Crippen LogP contribution in [0.4, 0.5) is 5.69 Å². The van der Waals surface area contributed by atoms with Gasteiger partial charge in [-0.15, -0.1) is 0 Å². The van der Waals surface area contributed by atoms with Crippen molar-refractivity contribution in [1.29, 1.82) is 0 Å². The Hall–Kier alpha value is -2.29. The Bertz CT molecular complexity index is 535. The van der Waals surface area contributed by atoms with Crippen molar-refractivity contribution in [2.24, 2.45) is 0 Å². The zero-order valence-electron chi connectivity index (χ0n) is 11.7. The lowest BCUT2D eigenvalue weighted by molar-refractivity contribution is 0.0953. The first kappa shape index (κ1) is 14.1. The molecule has 20 heavy (non-hydrogen) atoms. The SMILES string of the molecule is Cc1ccc(NCCCNC(=O)c2ccccc2)cc1. The number of hydrogen-bond acceptors (Lipinski definition) is 2. The average molecular weight is 268 g/mol. The van der Waals surface area contributed by atoms with Crippen LogP contribution in [0, 0.1) is 6.92 Å². The summed E-state index contributed by atoms with van der Waals surface area (Å²) in [6, 6.07) is 17.6. The smallest absolute Gasteiger partial charge is 0.251 e. The van der Waals surface area contributed by atoms with Gasteiger partial charge in [0.15, 0.2) is 0 Å². The molecule has 0 unspecified atom stereocenters. The summed E-state index contributed by atoms with van der Waals surface area (Å²) >= 11 is 0. The summed E-state index contributed by atoms with van der Waals surface area (Å²) in [6.07, 6.45) is 0.895. The number of aryl methyl sites for hydroxylation is 1. The molecule has 104 valence electrons. The maximum absolute atomic E-state index is 11.8. The van der Waals surface area contributed by atoms with E-state index in [1.807, 2.05) is 30.3 Å². The first-order valence-corrected chi connectivity index (χ1v) is 6.89. The van der Waals surface area contributed by atoms with E-state index in [-0.39, 0.29) is 5.91 Å². The first-order chi connectivity index (χ1) is 9.75. The van der Waals surface area contributed by atoms with Crippen LogP contribution in [-0.4, -0.2) is 19.0 Å². The number of nitrogens with one attached hydrogen (secondary N) is 2. The molecule has 0 radical (unpaired) electrons. The molecule has 0 spiro atoms. The van der Waals surface area contributed by atoms with Crippen molar-refractivity contribution in [3.8, 4) is 0 Å². The number of rotatable bonds is 6. The second-order valence-electron chi connectivity index (χ2n) is 4.77. The number of amides is 1. The van der Waals surface area contributed by atoms with Crippen LogP contribution >= 0.6 is 0 Å². The molecule has 2 aromatic rings. The third-order valence-corrected chi connectivity index (χ3v) is 3.06. The molecule has 0 heterocycles. The Labute approximate surface area is 120 Å². The second-order valence-corrected chi connectivity index (χ2v) is 4.77. The molecule has 3 nitrogen and oxygen atoms in total. The van der Waals surface area contributed by atoms with Gasteiger partial charge in [0.05, 0.1) is 0 Å². The van der Waals surface area contributed by atoms with Crippen molar-refractivity contribution in [1.82, 2.24) is 5.32 Å². The quantitative estimate of drug-likeness (QED) is 0.790. The molecular formula is C17H20N2O. The van der Waals surface area contributed by atoms with Gasteiger partial charge in [-0.05, 0) is 37.6 Å². The summed E-state index contributed by atoms with van der Waals surface area (Å²) in [5.74, 6) is -0.0130. The minimum Gasteiger partial charge on any atom is -0.385 e. The van der Waals surface area contributed by atoms with Crippen molar-refractivity contribution in [2.45, 2.75) is 13.3 Å². The third-order valence-electron chi connectivity index (χ3n) is 3.06. The zero-order chi connectivity index (χ0) is 14.2. The molecular weight excluding hydrogens is 248 g/mol. The molecule has 0 bridgehead atoms. The highest BCUT2D eigenvalue weighted by Crippen LogP contribution is 2.08. The number of carbonyl (C=O) groups is 1. The zero-order valence-corrected chi connectivity index (χ0v) is 11.7. The number of carbonyl (C=O) groups excluding carboxylic acids is 1. The van der Waals surface area contributed by atoms with Crippen LogP contribution in [0.3, 0.4) is 0 Å². The van der Waals surface area contributed by atoms with E-state index < -0.39 is 0 Å². The van der Waals surface area contributed by atoms with Crippen LogP contribution < -0.4 is 10.6 Å². The maximum atomic E-state index is 11.8. The Balaban J connectivity index is 1.64. The van der Waals surface area contributed by atoms with Crippen molar-refractivity contribution >= 4 is 11.6 Å². The standard InChI is InChI=1S/C17H20N2O/c1-14-8-10-16(11-9-14)18-12-5-13-19-17(20)15-6-3-2-4-7-15/h2-4,6-11,18H,5,12-13H2,1H3,(H,19,20). The number of hydrogen-bond donors (Lipinski definition) is 2. The molecule has 0 aliphatic heterocycles. The Morgan fingerprint density at radius 2 is 1.65 bits per heavy atom. The molecule has 3 heteroatoms. The van der Waals surface area contributed by atoms with E-state index in [2.05, 4.69) is 41.8 Å². The predicted molar refractivity (Wildman–Crippen MR) is 83.1 cm³/mol. The molecule has 0 aliphatic carbocycles. The molecule has 0 saturated carbocycles. The topological polar surface area (TPSA) is 41.1 Å². The predicted octanol–water partition coefficient (Wildman–Crippen LogP) is 3.23. The van der Waals surface area contributed by atoms with Gasteiger partial charge in [0.2, 0.25) is 0 Å². The molecule has 0 atom stereocenters. The Kier molecular flexibility index (Phi) is 5.18. The van der Waals surface area contributed by atoms with Gasteiger partial charge < -0.3 is 10.6 Å². The Morgan fingerprint density at radius 1 is 0.950 bits per heavy atom. The fraction of sp³-hybridized carbons (Fsp3) is 0.235. The van der Waals surface area contributed by atoms with E-state index in [1.165, 1.54) is 5.56 Å². The molecule has 2 N–H and O–H groups in total. The third kappa shape index (κ3) is 4.43.